The summed E-state index contributed by atoms with van der Waals surface area (Å²) in [5.74, 6) is 0.347. The van der Waals surface area contributed by atoms with E-state index in [4.69, 9.17) is 0 Å². The van der Waals surface area contributed by atoms with Crippen molar-refractivity contribution in [1.29, 1.82) is 0 Å². The molecule has 1 aromatic carbocycles. The fourth-order valence-corrected chi connectivity index (χ4v) is 2.43. The van der Waals surface area contributed by atoms with Crippen LogP contribution in [0.1, 0.15) is 31.4 Å². The Morgan fingerprint density at radius 1 is 1.42 bits per heavy atom. The first-order valence-corrected chi connectivity index (χ1v) is 6.96. The lowest BCUT2D eigenvalue weighted by Gasteiger charge is -2.49. The highest BCUT2D eigenvalue weighted by Crippen LogP contribution is 2.29. The summed E-state index contributed by atoms with van der Waals surface area (Å²) in [4.78, 5) is 13.8. The van der Waals surface area contributed by atoms with Gasteiger partial charge in [-0.15, -0.1) is 0 Å². The zero-order valence-corrected chi connectivity index (χ0v) is 12.0. The van der Waals surface area contributed by atoms with Crippen LogP contribution in [0.3, 0.4) is 0 Å². The number of rotatable bonds is 4. The van der Waals surface area contributed by atoms with Crippen LogP contribution in [0.25, 0.3) is 0 Å². The van der Waals surface area contributed by atoms with Gasteiger partial charge >= 0.3 is 0 Å². The van der Waals surface area contributed by atoms with Crippen LogP contribution >= 0.6 is 0 Å². The molecule has 19 heavy (non-hydrogen) atoms. The second-order valence-electron chi connectivity index (χ2n) is 6.00. The molecule has 0 atom stereocenters. The molecule has 0 spiro atoms. The number of carbonyl (C=O) groups excluding carboxylic acids is 1. The molecule has 1 aliphatic heterocycles. The maximum atomic E-state index is 12.0. The molecule has 0 bridgehead atoms. The van der Waals surface area contributed by atoms with Crippen LogP contribution in [-0.2, 0) is 11.2 Å². The molecule has 1 N–H and O–H groups in total. The van der Waals surface area contributed by atoms with E-state index in [9.17, 15) is 9.90 Å². The predicted octanol–water partition coefficient (Wildman–Crippen LogP) is 2.16. The molecular formula is C16H23NO2. The molecule has 2 rings (SSSR count). The van der Waals surface area contributed by atoms with Gasteiger partial charge in [0.2, 0.25) is 5.91 Å². The largest absolute Gasteiger partial charge is 0.386 e. The van der Waals surface area contributed by atoms with Gasteiger partial charge < -0.3 is 10.0 Å². The number of β-amino-alcohol motifs (C(OH)–C–C–N with tert-alkyl or cyclic N) is 1. The highest BCUT2D eigenvalue weighted by molar-refractivity contribution is 5.77. The van der Waals surface area contributed by atoms with Gasteiger partial charge in [0.15, 0.2) is 0 Å². The lowest BCUT2D eigenvalue weighted by atomic mass is 9.83. The molecule has 0 radical (unpaired) electrons. The summed E-state index contributed by atoms with van der Waals surface area (Å²) in [5, 5.41) is 10.1. The van der Waals surface area contributed by atoms with Crippen molar-refractivity contribution in [2.24, 2.45) is 5.92 Å². The third-order valence-electron chi connectivity index (χ3n) is 4.07. The predicted molar refractivity (Wildman–Crippen MR) is 75.9 cm³/mol. The van der Waals surface area contributed by atoms with Crippen molar-refractivity contribution in [1.82, 2.24) is 4.90 Å². The average molecular weight is 261 g/mol. The molecule has 1 aliphatic rings. The van der Waals surface area contributed by atoms with Crippen molar-refractivity contribution in [2.45, 2.75) is 39.2 Å². The fraction of sp³-hybridized carbons (Fsp3) is 0.562. The van der Waals surface area contributed by atoms with E-state index in [2.05, 4.69) is 25.1 Å². The van der Waals surface area contributed by atoms with Crippen LogP contribution in [0.2, 0.25) is 0 Å². The highest BCUT2D eigenvalue weighted by Gasteiger charge is 2.45. The first-order valence-electron chi connectivity index (χ1n) is 6.96. The molecule has 1 saturated heterocycles. The number of hydrogen-bond donors (Lipinski definition) is 1. The normalized spacial score (nSPS) is 17.4. The Bertz CT molecular complexity index is 462. The number of carbonyl (C=O) groups is 1. The Balaban J connectivity index is 1.81. The van der Waals surface area contributed by atoms with Gasteiger partial charge in [-0.05, 0) is 24.8 Å². The van der Waals surface area contributed by atoms with Crippen LogP contribution < -0.4 is 0 Å². The Labute approximate surface area is 115 Å². The van der Waals surface area contributed by atoms with Gasteiger partial charge in [0.1, 0.15) is 5.60 Å². The van der Waals surface area contributed by atoms with Crippen LogP contribution in [0, 0.1) is 12.8 Å². The second-order valence-corrected chi connectivity index (χ2v) is 6.00. The SMILES string of the molecule is Cc1cccc(CCC(=O)N2CC(O)(C(C)C)C2)c1. The standard InChI is InChI=1S/C16H23NO2/c1-12(2)16(19)10-17(11-16)15(18)8-7-14-6-4-5-13(3)9-14/h4-6,9,12,19H,7-8,10-11H2,1-3H3. The molecule has 104 valence electrons. The van der Waals surface area contributed by atoms with Crippen LogP contribution in [0.5, 0.6) is 0 Å². The minimum atomic E-state index is -0.668. The molecule has 1 aromatic rings. The van der Waals surface area contributed by atoms with Crippen LogP contribution in [0.4, 0.5) is 0 Å². The number of hydrogen-bond acceptors (Lipinski definition) is 2. The van der Waals surface area contributed by atoms with E-state index in [0.717, 1.165) is 6.42 Å². The van der Waals surface area contributed by atoms with E-state index in [0.29, 0.717) is 19.5 Å². The van der Waals surface area contributed by atoms with Gasteiger partial charge in [-0.25, -0.2) is 0 Å². The Morgan fingerprint density at radius 2 is 2.11 bits per heavy atom. The molecule has 0 aliphatic carbocycles. The summed E-state index contributed by atoms with van der Waals surface area (Å²) in [6.07, 6.45) is 1.30. The fourth-order valence-electron chi connectivity index (χ4n) is 2.43. The van der Waals surface area contributed by atoms with E-state index in [1.165, 1.54) is 11.1 Å². The molecule has 1 fully saturated rings. The average Bonchev–Trinajstić information content (AvgIpc) is 2.32. The number of nitrogens with zero attached hydrogens (tertiary/aromatic N) is 1. The molecule has 1 amide bonds. The smallest absolute Gasteiger partial charge is 0.223 e. The first kappa shape index (κ1) is 14.1. The quantitative estimate of drug-likeness (QED) is 0.902. The topological polar surface area (TPSA) is 40.5 Å². The third-order valence-corrected chi connectivity index (χ3v) is 4.07. The lowest BCUT2D eigenvalue weighted by molar-refractivity contribution is -0.163. The zero-order valence-electron chi connectivity index (χ0n) is 12.0. The van der Waals surface area contributed by atoms with Gasteiger partial charge in [-0.3, -0.25) is 4.79 Å². The minimum absolute atomic E-state index is 0.145. The molecule has 1 heterocycles. The van der Waals surface area contributed by atoms with E-state index < -0.39 is 5.60 Å². The molecule has 3 nitrogen and oxygen atoms in total. The summed E-state index contributed by atoms with van der Waals surface area (Å²) >= 11 is 0. The van der Waals surface area contributed by atoms with Crippen molar-refractivity contribution in [2.75, 3.05) is 13.1 Å². The number of benzene rings is 1. The van der Waals surface area contributed by atoms with Crippen LogP contribution in [-0.4, -0.2) is 34.6 Å². The number of aryl methyl sites for hydroxylation is 2. The summed E-state index contributed by atoms with van der Waals surface area (Å²) in [6.45, 7) is 7.02. The number of likely N-dealkylation sites (tertiary alicyclic amines) is 1. The van der Waals surface area contributed by atoms with Crippen LogP contribution in [0.15, 0.2) is 24.3 Å². The summed E-state index contributed by atoms with van der Waals surface area (Å²) in [6, 6.07) is 8.26. The Kier molecular flexibility index (Phi) is 3.95. The maximum absolute atomic E-state index is 12.0. The maximum Gasteiger partial charge on any atom is 0.223 e. The van der Waals surface area contributed by atoms with E-state index in [1.54, 1.807) is 4.90 Å². The monoisotopic (exact) mass is 261 g/mol. The molecule has 3 heteroatoms. The lowest BCUT2D eigenvalue weighted by Crippen LogP contribution is -2.65. The molecular weight excluding hydrogens is 238 g/mol. The number of amides is 1. The molecule has 0 aromatic heterocycles. The molecule has 0 saturated carbocycles. The van der Waals surface area contributed by atoms with Gasteiger partial charge in [0, 0.05) is 6.42 Å². The van der Waals surface area contributed by atoms with Crippen molar-refractivity contribution in [3.63, 3.8) is 0 Å². The second kappa shape index (κ2) is 5.33. The van der Waals surface area contributed by atoms with Crippen molar-refractivity contribution < 1.29 is 9.90 Å². The highest BCUT2D eigenvalue weighted by atomic mass is 16.3. The first-order chi connectivity index (χ1) is 8.90. The van der Waals surface area contributed by atoms with Gasteiger partial charge in [-0.2, -0.15) is 0 Å². The number of aliphatic hydroxyl groups is 1. The van der Waals surface area contributed by atoms with Gasteiger partial charge in [0.05, 0.1) is 13.1 Å². The van der Waals surface area contributed by atoms with Crippen molar-refractivity contribution in [3.05, 3.63) is 35.4 Å². The minimum Gasteiger partial charge on any atom is -0.386 e. The summed E-state index contributed by atoms with van der Waals surface area (Å²) in [7, 11) is 0. The van der Waals surface area contributed by atoms with E-state index in [1.807, 2.05) is 19.9 Å². The Morgan fingerprint density at radius 3 is 2.68 bits per heavy atom. The zero-order chi connectivity index (χ0) is 14.0. The summed E-state index contributed by atoms with van der Waals surface area (Å²) in [5.41, 5.74) is 1.76. The van der Waals surface area contributed by atoms with Gasteiger partial charge in [-0.1, -0.05) is 43.7 Å². The summed E-state index contributed by atoms with van der Waals surface area (Å²) < 4.78 is 0. The molecule has 0 unspecified atom stereocenters. The van der Waals surface area contributed by atoms with Gasteiger partial charge in [0.25, 0.3) is 0 Å². The third kappa shape index (κ3) is 3.16. The van der Waals surface area contributed by atoms with E-state index >= 15 is 0 Å². The Hall–Kier alpha value is -1.35. The van der Waals surface area contributed by atoms with Crippen molar-refractivity contribution >= 4 is 5.91 Å². The van der Waals surface area contributed by atoms with E-state index in [-0.39, 0.29) is 11.8 Å². The van der Waals surface area contributed by atoms with Crippen molar-refractivity contribution in [3.8, 4) is 0 Å².